The third-order valence-electron chi connectivity index (χ3n) is 15.1. The molecule has 0 aliphatic rings. The number of rotatable bonds is 15. The van der Waals surface area contributed by atoms with Crippen LogP contribution >= 0.6 is 0 Å². The first-order valence-electron chi connectivity index (χ1n) is 34.9. The summed E-state index contributed by atoms with van der Waals surface area (Å²) in [7, 11) is 0. The van der Waals surface area contributed by atoms with E-state index in [4.69, 9.17) is 0 Å². The predicted octanol–water partition coefficient (Wildman–Crippen LogP) is 22.8. The molecule has 516 valence electrons. The zero-order valence-corrected chi connectivity index (χ0v) is 64.4. The first-order chi connectivity index (χ1) is 44.0. The van der Waals surface area contributed by atoms with Crippen LogP contribution in [0.3, 0.4) is 0 Å². The van der Waals surface area contributed by atoms with E-state index in [1.165, 1.54) is 44.8 Å². The summed E-state index contributed by atoms with van der Waals surface area (Å²) in [6.45, 7) is 66.3. The van der Waals surface area contributed by atoms with Gasteiger partial charge in [-0.1, -0.05) is 244 Å². The summed E-state index contributed by atoms with van der Waals surface area (Å²) in [6.07, 6.45) is 17.2. The van der Waals surface area contributed by atoms with Crippen molar-refractivity contribution in [2.45, 2.75) is 303 Å². The van der Waals surface area contributed by atoms with Gasteiger partial charge in [-0.25, -0.2) is 24.9 Å². The molecule has 0 aliphatic carbocycles. The molecule has 0 bridgehead atoms. The summed E-state index contributed by atoms with van der Waals surface area (Å²) in [6, 6.07) is 21.6. The Morgan fingerprint density at radius 2 is 0.415 bits per heavy atom. The molecule has 8 rings (SSSR count). The zero-order chi connectivity index (χ0) is 71.5. The fourth-order valence-electron chi connectivity index (χ4n) is 7.84. The maximum absolute atomic E-state index is 4.40. The van der Waals surface area contributed by atoms with Crippen molar-refractivity contribution in [2.75, 3.05) is 0 Å². The lowest BCUT2D eigenvalue weighted by atomic mass is 9.97. The average Bonchev–Trinajstić information content (AvgIpc) is 1.90. The molecule has 0 saturated carbocycles. The fourth-order valence-corrected chi connectivity index (χ4v) is 7.84. The minimum absolute atomic E-state index is 0.360. The van der Waals surface area contributed by atoms with Gasteiger partial charge in [0.2, 0.25) is 0 Å². The molecule has 1 aromatic carbocycles. The first kappa shape index (κ1) is 84.9. The molecule has 8 aromatic rings. The van der Waals surface area contributed by atoms with Crippen molar-refractivity contribution in [1.82, 2.24) is 65.3 Å². The lowest BCUT2D eigenvalue weighted by Crippen LogP contribution is -2.03. The van der Waals surface area contributed by atoms with Gasteiger partial charge in [-0.2, -0.15) is 15.3 Å². The lowest BCUT2D eigenvalue weighted by molar-refractivity contribution is 0.692. The van der Waals surface area contributed by atoms with Crippen molar-refractivity contribution < 1.29 is 0 Å². The number of benzene rings is 1. The van der Waals surface area contributed by atoms with Gasteiger partial charge in [-0.3, -0.25) is 19.9 Å². The molecule has 0 aliphatic heterocycles. The smallest absolute Gasteiger partial charge is 0.153 e. The number of hydrogen-bond acceptors (Lipinski definition) is 13. The summed E-state index contributed by atoms with van der Waals surface area (Å²) >= 11 is 0. The van der Waals surface area contributed by atoms with Crippen molar-refractivity contribution >= 4 is 0 Å². The van der Waals surface area contributed by atoms with Crippen LogP contribution in [0.1, 0.15) is 387 Å². The van der Waals surface area contributed by atoms with Gasteiger partial charge < -0.3 is 0 Å². The minimum Gasteiger partial charge on any atom is -0.261 e. The molecule has 13 nitrogen and oxygen atoms in total. The van der Waals surface area contributed by atoms with E-state index < -0.39 is 0 Å². The second-order valence-corrected chi connectivity index (χ2v) is 29.0. The quantitative estimate of drug-likeness (QED) is 0.0952. The molecule has 0 unspecified atom stereocenters. The molecule has 0 amide bonds. The Labute approximate surface area is 572 Å². The van der Waals surface area contributed by atoms with Gasteiger partial charge in [-0.05, 0) is 136 Å². The highest BCUT2D eigenvalue weighted by molar-refractivity contribution is 5.27. The van der Waals surface area contributed by atoms with E-state index in [-0.39, 0.29) is 0 Å². The van der Waals surface area contributed by atoms with Gasteiger partial charge in [0.05, 0.1) is 34.7 Å². The van der Waals surface area contributed by atoms with E-state index in [1.54, 1.807) is 0 Å². The number of aryl methyl sites for hydroxylation is 1. The Balaban J connectivity index is 0.000000537. The Hall–Kier alpha value is -7.15. The van der Waals surface area contributed by atoms with E-state index in [0.717, 1.165) is 45.9 Å². The average molecular weight is 1280 g/mol. The summed E-state index contributed by atoms with van der Waals surface area (Å²) in [4.78, 5) is 38.9. The third-order valence-corrected chi connectivity index (χ3v) is 15.1. The molecule has 0 radical (unpaired) electrons. The molecule has 0 N–H and O–H groups in total. The van der Waals surface area contributed by atoms with Crippen molar-refractivity contribution in [2.24, 2.45) is 0 Å². The standard InChI is InChI=1S/C12H18.2C11H17N.3C10H16N2.C9H15N3.C8H12N2/c1-9(2)11-5-7-12(8-6-11)10(3)4;2*1-8(2)10-5-6-11(9(3)4)12-7-10;1-7(2)9-5-12-10(6-11-9)8(3)4;2*1-7(2)9-5-11-10(8(3)4)12-6-9;1-6(2)8-5-10-9(7(3)4)12-11-8;1-6(2)8-5-4-7(3)9-10-8/h5-10H,1-4H3;2*5-9H,1-4H3;3*5-8H,1-4H3;5-7H,1-4H3;4-6H,1-3H3. The second kappa shape index (κ2) is 44.5. The van der Waals surface area contributed by atoms with Gasteiger partial charge in [-0.15, -0.1) is 5.10 Å². The summed E-state index contributed by atoms with van der Waals surface area (Å²) < 4.78 is 0. The molecule has 94 heavy (non-hydrogen) atoms. The van der Waals surface area contributed by atoms with E-state index >= 15 is 0 Å². The highest BCUT2D eigenvalue weighted by atomic mass is 15.2. The number of aromatic nitrogens is 13. The van der Waals surface area contributed by atoms with Crippen molar-refractivity contribution in [3.63, 3.8) is 0 Å². The molecule has 7 aromatic heterocycles. The molecular formula is C81H127N13. The van der Waals surface area contributed by atoms with Gasteiger partial charge in [0.25, 0.3) is 0 Å². The van der Waals surface area contributed by atoms with E-state index in [0.29, 0.717) is 88.8 Å². The topological polar surface area (TPSA) is 168 Å². The molecule has 0 atom stereocenters. The SMILES string of the molecule is CC(C)c1ccc(C(C)C)cc1.CC(C)c1ccc(C(C)C)nc1.CC(C)c1ccc(C(C)C)nc1.CC(C)c1cnc(C(C)C)cn1.CC(C)c1cnc(C(C)C)nc1.CC(C)c1cnc(C(C)C)nc1.CC(C)c1cnc(C(C)C)nn1.Cc1ccc(C(C)C)nn1. The maximum atomic E-state index is 4.40. The molecule has 0 fully saturated rings. The number of hydrogen-bond donors (Lipinski definition) is 0. The van der Waals surface area contributed by atoms with Crippen molar-refractivity contribution in [3.05, 3.63) is 207 Å². The molecule has 0 spiro atoms. The number of nitrogens with zero attached hydrogens (tertiary/aromatic N) is 13. The van der Waals surface area contributed by atoms with Crippen LogP contribution in [0.15, 0.2) is 116 Å². The second-order valence-electron chi connectivity index (χ2n) is 29.0. The molecule has 0 saturated heterocycles. The third kappa shape index (κ3) is 33.8. The zero-order valence-electron chi connectivity index (χ0n) is 64.4. The van der Waals surface area contributed by atoms with Gasteiger partial charge in [0.15, 0.2) is 5.82 Å². The lowest BCUT2D eigenvalue weighted by Gasteiger charge is -2.08. The molecular weight excluding hydrogens is 1150 g/mol. The van der Waals surface area contributed by atoms with Crippen LogP contribution in [0.25, 0.3) is 0 Å². The maximum Gasteiger partial charge on any atom is 0.153 e. The van der Waals surface area contributed by atoms with Crippen molar-refractivity contribution in [3.8, 4) is 0 Å². The van der Waals surface area contributed by atoms with Crippen LogP contribution in [0.5, 0.6) is 0 Å². The van der Waals surface area contributed by atoms with Crippen molar-refractivity contribution in [1.29, 1.82) is 0 Å². The number of pyridine rings is 2. The van der Waals surface area contributed by atoms with Crippen LogP contribution in [-0.2, 0) is 0 Å². The molecule has 7 heterocycles. The van der Waals surface area contributed by atoms with Crippen LogP contribution in [-0.4, -0.2) is 65.3 Å². The Kier molecular flexibility index (Phi) is 40.2. The summed E-state index contributed by atoms with van der Waals surface area (Å²) in [5.74, 6) is 10.3. The van der Waals surface area contributed by atoms with E-state index in [1.807, 2.05) is 74.8 Å². The monoisotopic (exact) mass is 1280 g/mol. The predicted molar refractivity (Wildman–Crippen MR) is 399 cm³/mol. The Morgan fingerprint density at radius 3 is 0.628 bits per heavy atom. The van der Waals surface area contributed by atoms with Crippen LogP contribution in [0, 0.1) is 6.92 Å². The van der Waals surface area contributed by atoms with Crippen LogP contribution in [0.2, 0.25) is 0 Å². The molecule has 13 heteroatoms. The Bertz CT molecular complexity index is 2430. The highest BCUT2D eigenvalue weighted by Crippen LogP contribution is 2.22. The van der Waals surface area contributed by atoms with Crippen LogP contribution < -0.4 is 0 Å². The minimum atomic E-state index is 0.360. The largest absolute Gasteiger partial charge is 0.261 e. The van der Waals surface area contributed by atoms with Gasteiger partial charge in [0.1, 0.15) is 11.6 Å². The summed E-state index contributed by atoms with van der Waals surface area (Å²) in [5.41, 5.74) is 15.4. The van der Waals surface area contributed by atoms with E-state index in [9.17, 15) is 0 Å². The van der Waals surface area contributed by atoms with Crippen LogP contribution in [0.4, 0.5) is 0 Å². The normalized spacial score (nSPS) is 11.1. The first-order valence-corrected chi connectivity index (χ1v) is 34.9. The van der Waals surface area contributed by atoms with E-state index in [2.05, 4.69) is 321 Å². The Morgan fingerprint density at radius 1 is 0.170 bits per heavy atom. The van der Waals surface area contributed by atoms with Gasteiger partial charge in [0, 0.05) is 78.7 Å². The summed E-state index contributed by atoms with van der Waals surface area (Å²) in [5, 5.41) is 16.1. The fraction of sp³-hybridized carbons (Fsp3) is 0.568. The van der Waals surface area contributed by atoms with Gasteiger partial charge >= 0.3 is 0 Å². The highest BCUT2D eigenvalue weighted by Gasteiger charge is 2.10.